The number of nitrogens with one attached hydrogen (secondary N) is 1. The second kappa shape index (κ2) is 8.04. The Bertz CT molecular complexity index is 1050. The molecule has 8 nitrogen and oxygen atoms in total. The number of aromatic nitrogens is 3. The normalized spacial score (nSPS) is 14.6. The molecule has 1 unspecified atom stereocenters. The summed E-state index contributed by atoms with van der Waals surface area (Å²) in [5.41, 5.74) is 3.02. The van der Waals surface area contributed by atoms with E-state index in [0.717, 1.165) is 16.8 Å². The molecule has 1 aliphatic rings. The second-order valence-electron chi connectivity index (χ2n) is 6.09. The maximum atomic E-state index is 6.27. The molecular weight excluding hydrogens is 392 g/mol. The first kappa shape index (κ1) is 19.1. The SMILES string of the molecule is COc1cc(OC)c(C2Nc3ccccc3-c3nnc(SC)nc3O2)cc1OC. The van der Waals surface area contributed by atoms with Crippen LogP contribution in [-0.4, -0.2) is 42.8 Å². The number of methoxy groups -OCH3 is 3. The highest BCUT2D eigenvalue weighted by Gasteiger charge is 2.29. The van der Waals surface area contributed by atoms with Gasteiger partial charge in [-0.3, -0.25) is 0 Å². The van der Waals surface area contributed by atoms with Crippen LogP contribution in [0.5, 0.6) is 23.1 Å². The topological polar surface area (TPSA) is 87.6 Å². The summed E-state index contributed by atoms with van der Waals surface area (Å²) in [6.07, 6.45) is 1.29. The van der Waals surface area contributed by atoms with Gasteiger partial charge in [0.15, 0.2) is 17.2 Å². The number of para-hydroxylation sites is 1. The van der Waals surface area contributed by atoms with Crippen molar-refractivity contribution >= 4 is 17.4 Å². The van der Waals surface area contributed by atoms with Crippen LogP contribution in [0.1, 0.15) is 11.8 Å². The van der Waals surface area contributed by atoms with Gasteiger partial charge in [-0.25, -0.2) is 0 Å². The molecule has 3 aromatic rings. The number of nitrogens with zero attached hydrogens (tertiary/aromatic N) is 3. The van der Waals surface area contributed by atoms with Gasteiger partial charge >= 0.3 is 0 Å². The summed E-state index contributed by atoms with van der Waals surface area (Å²) >= 11 is 1.40. The summed E-state index contributed by atoms with van der Waals surface area (Å²) in [4.78, 5) is 4.53. The van der Waals surface area contributed by atoms with Crippen LogP contribution in [0, 0.1) is 0 Å². The predicted octanol–water partition coefficient (Wildman–Crippen LogP) is 3.79. The van der Waals surface area contributed by atoms with E-state index in [0.29, 0.717) is 34.0 Å². The van der Waals surface area contributed by atoms with Gasteiger partial charge in [-0.2, -0.15) is 4.98 Å². The van der Waals surface area contributed by atoms with Crippen molar-refractivity contribution < 1.29 is 18.9 Å². The molecule has 0 amide bonds. The average molecular weight is 412 g/mol. The summed E-state index contributed by atoms with van der Waals surface area (Å²) in [6, 6.07) is 11.4. The minimum atomic E-state index is -0.599. The van der Waals surface area contributed by atoms with Crippen LogP contribution >= 0.6 is 11.8 Å². The molecule has 9 heteroatoms. The Kier molecular flexibility index (Phi) is 5.30. The Balaban J connectivity index is 1.88. The van der Waals surface area contributed by atoms with E-state index in [2.05, 4.69) is 20.5 Å². The molecule has 0 saturated heterocycles. The zero-order valence-corrected chi connectivity index (χ0v) is 17.2. The monoisotopic (exact) mass is 412 g/mol. The van der Waals surface area contributed by atoms with E-state index in [1.165, 1.54) is 11.8 Å². The molecule has 0 saturated carbocycles. The number of thioether (sulfide) groups is 1. The van der Waals surface area contributed by atoms with Gasteiger partial charge in [-0.1, -0.05) is 30.0 Å². The van der Waals surface area contributed by atoms with E-state index in [4.69, 9.17) is 18.9 Å². The number of rotatable bonds is 5. The Hall–Kier alpha value is -3.20. The van der Waals surface area contributed by atoms with Crippen molar-refractivity contribution in [1.82, 2.24) is 15.2 Å². The summed E-state index contributed by atoms with van der Waals surface area (Å²) in [7, 11) is 4.76. The summed E-state index contributed by atoms with van der Waals surface area (Å²) in [5, 5.41) is 12.5. The largest absolute Gasteiger partial charge is 0.496 e. The van der Waals surface area contributed by atoms with Gasteiger partial charge in [0.05, 0.1) is 26.9 Å². The number of hydrogen-bond donors (Lipinski definition) is 1. The zero-order valence-electron chi connectivity index (χ0n) is 16.4. The molecule has 0 radical (unpaired) electrons. The van der Waals surface area contributed by atoms with Crippen LogP contribution in [0.2, 0.25) is 0 Å². The van der Waals surface area contributed by atoms with E-state index in [1.807, 2.05) is 36.6 Å². The van der Waals surface area contributed by atoms with E-state index in [1.54, 1.807) is 27.4 Å². The molecule has 4 rings (SSSR count). The van der Waals surface area contributed by atoms with Crippen LogP contribution in [0.4, 0.5) is 5.69 Å². The Morgan fingerprint density at radius 1 is 0.966 bits per heavy atom. The molecule has 150 valence electrons. The molecule has 1 aliphatic heterocycles. The first-order valence-corrected chi connectivity index (χ1v) is 10.0. The van der Waals surface area contributed by atoms with Crippen LogP contribution in [0.3, 0.4) is 0 Å². The number of anilines is 1. The quantitative estimate of drug-likeness (QED) is 0.629. The molecule has 0 fully saturated rings. The fourth-order valence-corrected chi connectivity index (χ4v) is 3.43. The van der Waals surface area contributed by atoms with E-state index in [9.17, 15) is 0 Å². The molecule has 1 atom stereocenters. The van der Waals surface area contributed by atoms with Gasteiger partial charge in [0.25, 0.3) is 0 Å². The fourth-order valence-electron chi connectivity index (χ4n) is 3.13. The maximum absolute atomic E-state index is 6.27. The summed E-state index contributed by atoms with van der Waals surface area (Å²) < 4.78 is 22.7. The van der Waals surface area contributed by atoms with Crippen LogP contribution in [-0.2, 0) is 0 Å². The third-order valence-corrected chi connectivity index (χ3v) is 5.07. The van der Waals surface area contributed by atoms with Crippen molar-refractivity contribution in [2.24, 2.45) is 0 Å². The van der Waals surface area contributed by atoms with Crippen molar-refractivity contribution in [3.8, 4) is 34.4 Å². The van der Waals surface area contributed by atoms with E-state index in [-0.39, 0.29) is 0 Å². The highest BCUT2D eigenvalue weighted by molar-refractivity contribution is 7.98. The standard InChI is InChI=1S/C20H20N4O4S/c1-25-14-10-16(27-3)15(26-2)9-12(14)18-21-13-8-6-5-7-11(13)17-19(28-18)22-20(29-4)24-23-17/h5-10,18,21H,1-4H3. The minimum absolute atomic E-state index is 0.392. The molecule has 29 heavy (non-hydrogen) atoms. The van der Waals surface area contributed by atoms with Gasteiger partial charge in [0, 0.05) is 17.3 Å². The molecule has 1 aromatic heterocycles. The van der Waals surface area contributed by atoms with Crippen molar-refractivity contribution in [1.29, 1.82) is 0 Å². The molecular formula is C20H20N4O4S. The highest BCUT2D eigenvalue weighted by Crippen LogP contribution is 2.43. The highest BCUT2D eigenvalue weighted by atomic mass is 32.2. The predicted molar refractivity (Wildman–Crippen MR) is 110 cm³/mol. The van der Waals surface area contributed by atoms with Crippen LogP contribution in [0.25, 0.3) is 11.3 Å². The Morgan fingerprint density at radius 2 is 1.69 bits per heavy atom. The fraction of sp³-hybridized carbons (Fsp3) is 0.250. The van der Waals surface area contributed by atoms with E-state index >= 15 is 0 Å². The first-order chi connectivity index (χ1) is 14.2. The number of ether oxygens (including phenoxy) is 4. The van der Waals surface area contributed by atoms with Crippen molar-refractivity contribution in [2.75, 3.05) is 32.9 Å². The molecule has 1 N–H and O–H groups in total. The Morgan fingerprint density at radius 3 is 2.41 bits per heavy atom. The second-order valence-corrected chi connectivity index (χ2v) is 6.86. The number of fused-ring (bicyclic) bond motifs is 3. The molecule has 2 aromatic carbocycles. The lowest BCUT2D eigenvalue weighted by Gasteiger charge is -2.22. The first-order valence-electron chi connectivity index (χ1n) is 8.79. The van der Waals surface area contributed by atoms with Crippen molar-refractivity contribution in [3.05, 3.63) is 42.0 Å². The van der Waals surface area contributed by atoms with Crippen LogP contribution in [0.15, 0.2) is 41.6 Å². The smallest absolute Gasteiger partial charge is 0.247 e. The van der Waals surface area contributed by atoms with Gasteiger partial charge in [-0.05, 0) is 18.4 Å². The molecule has 0 spiro atoms. The maximum Gasteiger partial charge on any atom is 0.247 e. The van der Waals surface area contributed by atoms with Crippen molar-refractivity contribution in [3.63, 3.8) is 0 Å². The summed E-state index contributed by atoms with van der Waals surface area (Å²) in [5.74, 6) is 2.12. The molecule has 0 bridgehead atoms. The zero-order chi connectivity index (χ0) is 20.4. The van der Waals surface area contributed by atoms with Crippen LogP contribution < -0.4 is 24.3 Å². The lowest BCUT2D eigenvalue weighted by Crippen LogP contribution is -2.18. The molecule has 0 aliphatic carbocycles. The third-order valence-electron chi connectivity index (χ3n) is 4.53. The lowest BCUT2D eigenvalue weighted by molar-refractivity contribution is 0.218. The number of benzene rings is 2. The van der Waals surface area contributed by atoms with Gasteiger partial charge < -0.3 is 24.3 Å². The van der Waals surface area contributed by atoms with Gasteiger partial charge in [0.2, 0.25) is 17.3 Å². The number of hydrogen-bond acceptors (Lipinski definition) is 9. The minimum Gasteiger partial charge on any atom is -0.496 e. The van der Waals surface area contributed by atoms with Gasteiger partial charge in [0.1, 0.15) is 5.75 Å². The lowest BCUT2D eigenvalue weighted by atomic mass is 10.1. The summed E-state index contributed by atoms with van der Waals surface area (Å²) in [6.45, 7) is 0. The molecule has 2 heterocycles. The average Bonchev–Trinajstić information content (AvgIpc) is 2.94. The van der Waals surface area contributed by atoms with Gasteiger partial charge in [-0.15, -0.1) is 10.2 Å². The third kappa shape index (κ3) is 3.49. The van der Waals surface area contributed by atoms with E-state index < -0.39 is 6.23 Å². The van der Waals surface area contributed by atoms with Crippen molar-refractivity contribution in [2.45, 2.75) is 11.4 Å². The Labute approximate surface area is 172 Å².